The summed E-state index contributed by atoms with van der Waals surface area (Å²) in [7, 11) is 5.69. The third-order valence-electron chi connectivity index (χ3n) is 7.99. The molecule has 3 atom stereocenters. The van der Waals surface area contributed by atoms with Gasteiger partial charge >= 0.3 is 5.97 Å². The molecule has 4 rings (SSSR count). The molecule has 1 amide bonds. The zero-order valence-corrected chi connectivity index (χ0v) is 24.2. The summed E-state index contributed by atoms with van der Waals surface area (Å²) in [6.45, 7) is 5.22. The van der Waals surface area contributed by atoms with Crippen LogP contribution in [-0.4, -0.2) is 98.4 Å². The van der Waals surface area contributed by atoms with E-state index in [0.29, 0.717) is 37.6 Å². The van der Waals surface area contributed by atoms with Gasteiger partial charge in [0, 0.05) is 31.6 Å². The summed E-state index contributed by atoms with van der Waals surface area (Å²) in [5.41, 5.74) is 1.81. The van der Waals surface area contributed by atoms with Gasteiger partial charge in [0.05, 0.1) is 19.6 Å². The highest BCUT2D eigenvalue weighted by Gasteiger charge is 2.47. The molecule has 2 aliphatic rings. The first-order chi connectivity index (χ1) is 19.3. The van der Waals surface area contributed by atoms with Crippen LogP contribution in [0.1, 0.15) is 43.2 Å². The Kier molecular flexibility index (Phi) is 10.3. The zero-order chi connectivity index (χ0) is 28.6. The summed E-state index contributed by atoms with van der Waals surface area (Å²) in [5.74, 6) is 0.171. The van der Waals surface area contributed by atoms with Crippen LogP contribution in [0.3, 0.4) is 0 Å². The first-order valence-electron chi connectivity index (χ1n) is 14.2. The smallest absolute Gasteiger partial charge is 0.308 e. The number of ether oxygens (including phenoxy) is 3. The van der Waals surface area contributed by atoms with Gasteiger partial charge in [-0.2, -0.15) is 0 Å². The molecule has 0 aromatic heterocycles. The van der Waals surface area contributed by atoms with Crippen molar-refractivity contribution in [2.24, 2.45) is 5.92 Å². The van der Waals surface area contributed by atoms with Crippen molar-refractivity contribution in [1.82, 2.24) is 14.7 Å². The van der Waals surface area contributed by atoms with Crippen LogP contribution in [0.5, 0.6) is 17.2 Å². The van der Waals surface area contributed by atoms with Crippen LogP contribution in [0, 0.1) is 5.92 Å². The van der Waals surface area contributed by atoms with E-state index in [1.54, 1.807) is 7.11 Å². The lowest BCUT2D eigenvalue weighted by molar-refractivity contribution is -0.143. The minimum Gasteiger partial charge on any atom is -0.496 e. The Morgan fingerprint density at radius 1 is 1.05 bits per heavy atom. The van der Waals surface area contributed by atoms with Gasteiger partial charge in [-0.1, -0.05) is 37.6 Å². The number of carboxylic acid groups (broad SMARTS) is 1. The van der Waals surface area contributed by atoms with E-state index in [1.807, 2.05) is 61.5 Å². The van der Waals surface area contributed by atoms with Gasteiger partial charge in [-0.05, 0) is 69.2 Å². The molecule has 0 bridgehead atoms. The number of carbonyl (C=O) groups excluding carboxylic acids is 1. The van der Waals surface area contributed by atoms with Gasteiger partial charge in [-0.25, -0.2) is 0 Å². The number of aliphatic carboxylic acids is 1. The van der Waals surface area contributed by atoms with E-state index >= 15 is 0 Å². The van der Waals surface area contributed by atoms with Crippen LogP contribution in [-0.2, 0) is 16.0 Å². The average molecular weight is 554 g/mol. The predicted molar refractivity (Wildman–Crippen MR) is 153 cm³/mol. The highest BCUT2D eigenvalue weighted by atomic mass is 16.7. The van der Waals surface area contributed by atoms with E-state index in [4.69, 9.17) is 14.2 Å². The minimum absolute atomic E-state index is 0.0488. The van der Waals surface area contributed by atoms with Crippen molar-refractivity contribution < 1.29 is 28.9 Å². The van der Waals surface area contributed by atoms with Crippen molar-refractivity contribution in [3.05, 3.63) is 53.6 Å². The third kappa shape index (κ3) is 7.06. The number of carbonyl (C=O) groups is 2. The maximum absolute atomic E-state index is 13.7. The number of benzene rings is 2. The fourth-order valence-corrected chi connectivity index (χ4v) is 5.89. The van der Waals surface area contributed by atoms with Crippen molar-refractivity contribution in [2.45, 2.75) is 44.6 Å². The molecule has 2 aromatic rings. The normalized spacial score (nSPS) is 20.2. The van der Waals surface area contributed by atoms with E-state index in [-0.39, 0.29) is 31.2 Å². The van der Waals surface area contributed by atoms with Gasteiger partial charge in [-0.15, -0.1) is 0 Å². The summed E-state index contributed by atoms with van der Waals surface area (Å²) in [5, 5.41) is 10.5. The number of likely N-dealkylation sites (tertiary alicyclic amines) is 1. The molecule has 9 heteroatoms. The summed E-state index contributed by atoms with van der Waals surface area (Å²) in [6, 6.07) is 13.0. The van der Waals surface area contributed by atoms with Gasteiger partial charge in [0.1, 0.15) is 5.75 Å². The number of unbranched alkanes of at least 4 members (excludes halogenated alkanes) is 1. The van der Waals surface area contributed by atoms with Gasteiger partial charge in [0.25, 0.3) is 0 Å². The number of carboxylic acids is 1. The van der Waals surface area contributed by atoms with Crippen LogP contribution >= 0.6 is 0 Å². The summed E-state index contributed by atoms with van der Waals surface area (Å²) < 4.78 is 16.7. The molecule has 0 radical (unpaired) electrons. The number of hydrogen-bond acceptors (Lipinski definition) is 7. The van der Waals surface area contributed by atoms with Crippen LogP contribution < -0.4 is 14.2 Å². The van der Waals surface area contributed by atoms with Crippen molar-refractivity contribution >= 4 is 11.9 Å². The van der Waals surface area contributed by atoms with Gasteiger partial charge < -0.3 is 29.1 Å². The molecule has 0 aliphatic carbocycles. The molecule has 0 saturated carbocycles. The number of hydrogen-bond donors (Lipinski definition) is 1. The third-order valence-corrected chi connectivity index (χ3v) is 7.99. The molecule has 2 aliphatic heterocycles. The lowest BCUT2D eigenvalue weighted by Gasteiger charge is -2.30. The summed E-state index contributed by atoms with van der Waals surface area (Å²) in [4.78, 5) is 32.8. The Hall–Kier alpha value is -3.30. The molecule has 1 saturated heterocycles. The Morgan fingerprint density at radius 3 is 2.52 bits per heavy atom. The SMILES string of the molecule is CCCCN(CCCN(C)C)C(=O)CN1CC(c2ccc3c(c2)OCO3)C(C(=O)O)C1Cc1ccccc1OC. The molecule has 218 valence electrons. The number of fused-ring (bicyclic) bond motifs is 1. The second kappa shape index (κ2) is 13.9. The fraction of sp³-hybridized carbons (Fsp3) is 0.548. The lowest BCUT2D eigenvalue weighted by atomic mass is 9.83. The highest BCUT2D eigenvalue weighted by Crippen LogP contribution is 2.43. The van der Waals surface area contributed by atoms with E-state index in [0.717, 1.165) is 42.7 Å². The zero-order valence-electron chi connectivity index (χ0n) is 24.2. The molecule has 3 unspecified atom stereocenters. The standard InChI is InChI=1S/C31H43N3O6/c1-5-6-15-33(16-9-14-32(2)3)29(35)20-34-19-24(22-12-13-27-28(18-22)40-21-39-27)30(31(36)37)25(34)17-23-10-7-8-11-26(23)38-4/h7-8,10-13,18,24-25,30H,5-6,9,14-17,19-21H2,1-4H3,(H,36,37). The molecule has 0 spiro atoms. The van der Waals surface area contributed by atoms with Gasteiger partial charge in [0.2, 0.25) is 12.7 Å². The van der Waals surface area contributed by atoms with E-state index in [1.165, 1.54) is 0 Å². The van der Waals surface area contributed by atoms with Crippen molar-refractivity contribution in [3.8, 4) is 17.2 Å². The quantitative estimate of drug-likeness (QED) is 0.379. The molecule has 2 aromatic carbocycles. The molecule has 1 fully saturated rings. The maximum atomic E-state index is 13.7. The minimum atomic E-state index is -0.869. The van der Waals surface area contributed by atoms with Crippen LogP contribution in [0.4, 0.5) is 0 Å². The predicted octanol–water partition coefficient (Wildman–Crippen LogP) is 3.72. The number of methoxy groups -OCH3 is 1. The Morgan fingerprint density at radius 2 is 1.80 bits per heavy atom. The number of amides is 1. The molecular weight excluding hydrogens is 510 g/mol. The highest BCUT2D eigenvalue weighted by molar-refractivity contribution is 5.79. The molecule has 40 heavy (non-hydrogen) atoms. The number of rotatable bonds is 14. The average Bonchev–Trinajstić information content (AvgIpc) is 3.55. The van der Waals surface area contributed by atoms with Crippen LogP contribution in [0.15, 0.2) is 42.5 Å². The Labute approximate surface area is 237 Å². The molecular formula is C31H43N3O6. The van der Waals surface area contributed by atoms with Crippen LogP contribution in [0.25, 0.3) is 0 Å². The van der Waals surface area contributed by atoms with Crippen molar-refractivity contribution in [2.75, 3.05) is 60.7 Å². The molecule has 2 heterocycles. The van der Waals surface area contributed by atoms with Crippen molar-refractivity contribution in [3.63, 3.8) is 0 Å². The molecule has 9 nitrogen and oxygen atoms in total. The Bertz CT molecular complexity index is 1160. The van der Waals surface area contributed by atoms with E-state index in [9.17, 15) is 14.7 Å². The number of para-hydroxylation sites is 1. The monoisotopic (exact) mass is 553 g/mol. The van der Waals surface area contributed by atoms with Crippen LogP contribution in [0.2, 0.25) is 0 Å². The maximum Gasteiger partial charge on any atom is 0.308 e. The first-order valence-corrected chi connectivity index (χ1v) is 14.2. The largest absolute Gasteiger partial charge is 0.496 e. The Balaban J connectivity index is 1.63. The fourth-order valence-electron chi connectivity index (χ4n) is 5.89. The van der Waals surface area contributed by atoms with E-state index < -0.39 is 11.9 Å². The second-order valence-electron chi connectivity index (χ2n) is 11.0. The van der Waals surface area contributed by atoms with Crippen molar-refractivity contribution in [1.29, 1.82) is 0 Å². The summed E-state index contributed by atoms with van der Waals surface area (Å²) >= 11 is 0. The first kappa shape index (κ1) is 29.7. The number of nitrogens with zero attached hydrogens (tertiary/aromatic N) is 3. The second-order valence-corrected chi connectivity index (χ2v) is 11.0. The summed E-state index contributed by atoms with van der Waals surface area (Å²) in [6.07, 6.45) is 3.30. The molecule has 1 N–H and O–H groups in total. The lowest BCUT2D eigenvalue weighted by Crippen LogP contribution is -2.45. The van der Waals surface area contributed by atoms with Gasteiger partial charge in [-0.3, -0.25) is 14.5 Å². The topological polar surface area (TPSA) is 91.8 Å². The van der Waals surface area contributed by atoms with Gasteiger partial charge in [0.15, 0.2) is 11.5 Å². The van der Waals surface area contributed by atoms with E-state index in [2.05, 4.69) is 16.7 Å².